The van der Waals surface area contributed by atoms with Crippen molar-refractivity contribution in [3.63, 3.8) is 0 Å². The first-order valence-electron chi connectivity index (χ1n) is 6.46. The Labute approximate surface area is 123 Å². The minimum absolute atomic E-state index is 0.0147. The highest BCUT2D eigenvalue weighted by molar-refractivity contribution is 6.34. The van der Waals surface area contributed by atoms with E-state index < -0.39 is 5.54 Å². The van der Waals surface area contributed by atoms with E-state index in [-0.39, 0.29) is 11.7 Å². The Morgan fingerprint density at radius 1 is 1.45 bits per heavy atom. The first kappa shape index (κ1) is 16.3. The van der Waals surface area contributed by atoms with Crippen molar-refractivity contribution in [2.75, 3.05) is 0 Å². The third kappa shape index (κ3) is 3.22. The molecule has 0 aliphatic carbocycles. The van der Waals surface area contributed by atoms with Gasteiger partial charge in [0.25, 0.3) is 5.91 Å². The molecule has 1 aromatic carbocycles. The van der Waals surface area contributed by atoms with Crippen molar-refractivity contribution in [2.45, 2.75) is 39.2 Å². The maximum absolute atomic E-state index is 12.3. The Hall–Kier alpha value is -1.75. The molecule has 0 spiro atoms. The average Bonchev–Trinajstić information content (AvgIpc) is 2.43. The Balaban J connectivity index is 3.09. The van der Waals surface area contributed by atoms with E-state index >= 15 is 0 Å². The highest BCUT2D eigenvalue weighted by atomic mass is 35.5. The number of carbonyl (C=O) groups excluding carboxylic acids is 1. The third-order valence-corrected chi connectivity index (χ3v) is 3.84. The Kier molecular flexibility index (Phi) is 5.39. The molecule has 1 amide bonds. The Bertz CT molecular complexity index is 525. The number of benzene rings is 1. The number of nitrogens with zero attached hydrogens (tertiary/aromatic N) is 1. The molecule has 4 N–H and O–H groups in total. The van der Waals surface area contributed by atoms with E-state index in [0.29, 0.717) is 23.4 Å². The normalized spacial score (nSPS) is 12.3. The van der Waals surface area contributed by atoms with Crippen LogP contribution in [0.2, 0.25) is 5.02 Å². The maximum Gasteiger partial charge on any atom is 0.253 e. The van der Waals surface area contributed by atoms with Gasteiger partial charge in [-0.05, 0) is 37.5 Å². The zero-order valence-corrected chi connectivity index (χ0v) is 12.7. The third-order valence-electron chi connectivity index (χ3n) is 3.53. The number of carbonyl (C=O) groups is 1. The zero-order valence-electron chi connectivity index (χ0n) is 11.9. The summed E-state index contributed by atoms with van der Waals surface area (Å²) in [5, 5.41) is 15.1. The van der Waals surface area contributed by atoms with Gasteiger partial charge in [0, 0.05) is 0 Å². The molecule has 0 saturated heterocycles. The van der Waals surface area contributed by atoms with Crippen LogP contribution in [-0.4, -0.2) is 22.5 Å². The number of hydrogen-bond acceptors (Lipinski definition) is 3. The molecule has 0 fully saturated rings. The fourth-order valence-corrected chi connectivity index (χ4v) is 2.36. The van der Waals surface area contributed by atoms with Crippen LogP contribution < -0.4 is 11.1 Å². The molecule has 0 aliphatic rings. The van der Waals surface area contributed by atoms with Crippen molar-refractivity contribution in [1.82, 2.24) is 5.32 Å². The van der Waals surface area contributed by atoms with E-state index in [2.05, 4.69) is 10.5 Å². The number of oxime groups is 1. The summed E-state index contributed by atoms with van der Waals surface area (Å²) in [7, 11) is 0. The molecule has 0 saturated carbocycles. The van der Waals surface area contributed by atoms with Crippen molar-refractivity contribution in [1.29, 1.82) is 0 Å². The summed E-state index contributed by atoms with van der Waals surface area (Å²) in [5.74, 6) is -0.357. The van der Waals surface area contributed by atoms with Crippen molar-refractivity contribution in [2.24, 2.45) is 10.9 Å². The number of aryl methyl sites for hydroxylation is 1. The second-order valence-electron chi connectivity index (χ2n) is 4.71. The molecule has 0 aliphatic heterocycles. The largest absolute Gasteiger partial charge is 0.409 e. The van der Waals surface area contributed by atoms with Gasteiger partial charge in [-0.25, -0.2) is 0 Å². The number of halogens is 1. The zero-order chi connectivity index (χ0) is 15.3. The summed E-state index contributed by atoms with van der Waals surface area (Å²) in [6, 6.07) is 5.19. The van der Waals surface area contributed by atoms with E-state index in [1.54, 1.807) is 12.1 Å². The molecule has 1 aromatic rings. The summed E-state index contributed by atoms with van der Waals surface area (Å²) in [4.78, 5) is 12.3. The first-order valence-corrected chi connectivity index (χ1v) is 6.84. The summed E-state index contributed by atoms with van der Waals surface area (Å²) in [5.41, 5.74) is 6.18. The lowest BCUT2D eigenvalue weighted by molar-refractivity contribution is 0.0918. The predicted molar refractivity (Wildman–Crippen MR) is 80.4 cm³/mol. The minimum atomic E-state index is -0.875. The van der Waals surface area contributed by atoms with Gasteiger partial charge in [0.2, 0.25) is 0 Å². The van der Waals surface area contributed by atoms with Gasteiger partial charge < -0.3 is 16.3 Å². The summed E-state index contributed by atoms with van der Waals surface area (Å²) in [6.07, 6.45) is 1.02. The van der Waals surface area contributed by atoms with Crippen LogP contribution in [0.25, 0.3) is 0 Å². The highest BCUT2D eigenvalue weighted by Crippen LogP contribution is 2.21. The van der Waals surface area contributed by atoms with Crippen LogP contribution in [0.15, 0.2) is 23.4 Å². The van der Waals surface area contributed by atoms with Gasteiger partial charge in [-0.15, -0.1) is 0 Å². The number of hydrogen-bond donors (Lipinski definition) is 3. The van der Waals surface area contributed by atoms with E-state index in [4.69, 9.17) is 22.5 Å². The fourth-order valence-electron chi connectivity index (χ4n) is 2.04. The van der Waals surface area contributed by atoms with Crippen molar-refractivity contribution in [3.05, 3.63) is 34.3 Å². The molecule has 110 valence electrons. The number of amides is 1. The quantitative estimate of drug-likeness (QED) is 0.338. The molecular formula is C14H20ClN3O2. The van der Waals surface area contributed by atoms with E-state index in [1.165, 1.54) is 0 Å². The Morgan fingerprint density at radius 2 is 2.05 bits per heavy atom. The molecule has 6 heteroatoms. The van der Waals surface area contributed by atoms with Crippen LogP contribution in [0.1, 0.15) is 42.6 Å². The van der Waals surface area contributed by atoms with Crippen LogP contribution in [0, 0.1) is 6.92 Å². The average molecular weight is 298 g/mol. The van der Waals surface area contributed by atoms with Crippen molar-refractivity contribution >= 4 is 23.3 Å². The van der Waals surface area contributed by atoms with Gasteiger partial charge in [-0.1, -0.05) is 36.7 Å². The topological polar surface area (TPSA) is 87.7 Å². The lowest BCUT2D eigenvalue weighted by Crippen LogP contribution is -2.56. The monoisotopic (exact) mass is 297 g/mol. The number of nitrogens with one attached hydrogen (secondary N) is 1. The molecule has 0 radical (unpaired) electrons. The van der Waals surface area contributed by atoms with E-state index in [9.17, 15) is 4.79 Å². The maximum atomic E-state index is 12.3. The Morgan fingerprint density at radius 3 is 2.50 bits per heavy atom. The summed E-state index contributed by atoms with van der Waals surface area (Å²) >= 11 is 6.08. The highest BCUT2D eigenvalue weighted by Gasteiger charge is 2.33. The molecule has 0 unspecified atom stereocenters. The molecule has 1 rings (SSSR count). The van der Waals surface area contributed by atoms with Crippen LogP contribution >= 0.6 is 11.6 Å². The van der Waals surface area contributed by atoms with Crippen LogP contribution in [0.5, 0.6) is 0 Å². The van der Waals surface area contributed by atoms with Gasteiger partial charge in [-0.2, -0.15) is 0 Å². The van der Waals surface area contributed by atoms with Gasteiger partial charge in [0.15, 0.2) is 5.84 Å². The minimum Gasteiger partial charge on any atom is -0.409 e. The van der Waals surface area contributed by atoms with Crippen LogP contribution in [-0.2, 0) is 0 Å². The standard InChI is InChI=1S/C14H20ClN3O2/c1-4-14(5-2,13(16)18-20)17-12(19)10-7-6-9(3)8-11(10)15/h6-8,20H,4-5H2,1-3H3,(H2,16,18)(H,17,19). The molecular weight excluding hydrogens is 278 g/mol. The molecule has 0 bridgehead atoms. The van der Waals surface area contributed by atoms with Crippen LogP contribution in [0.4, 0.5) is 0 Å². The second-order valence-corrected chi connectivity index (χ2v) is 5.12. The number of rotatable bonds is 5. The van der Waals surface area contributed by atoms with E-state index in [1.807, 2.05) is 26.8 Å². The van der Waals surface area contributed by atoms with Gasteiger partial charge in [-0.3, -0.25) is 4.79 Å². The molecule has 5 nitrogen and oxygen atoms in total. The van der Waals surface area contributed by atoms with E-state index in [0.717, 1.165) is 5.56 Å². The van der Waals surface area contributed by atoms with Crippen molar-refractivity contribution in [3.8, 4) is 0 Å². The van der Waals surface area contributed by atoms with Gasteiger partial charge in [0.05, 0.1) is 10.6 Å². The number of nitrogens with two attached hydrogens (primary N) is 1. The molecule has 0 atom stereocenters. The van der Waals surface area contributed by atoms with Crippen LogP contribution in [0.3, 0.4) is 0 Å². The first-order chi connectivity index (χ1) is 9.40. The summed E-state index contributed by atoms with van der Waals surface area (Å²) < 4.78 is 0. The SMILES string of the molecule is CCC(CC)(NC(=O)c1ccc(C)cc1Cl)/C(N)=N/O. The lowest BCUT2D eigenvalue weighted by atomic mass is 9.91. The predicted octanol–water partition coefficient (Wildman–Crippen LogP) is 2.68. The molecule has 20 heavy (non-hydrogen) atoms. The summed E-state index contributed by atoms with van der Waals surface area (Å²) in [6.45, 7) is 5.61. The molecule has 0 heterocycles. The van der Waals surface area contributed by atoms with Crippen molar-refractivity contribution < 1.29 is 10.0 Å². The lowest BCUT2D eigenvalue weighted by Gasteiger charge is -2.31. The molecule has 0 aromatic heterocycles. The second kappa shape index (κ2) is 6.61. The van der Waals surface area contributed by atoms with Gasteiger partial charge in [0.1, 0.15) is 5.54 Å². The fraction of sp³-hybridized carbons (Fsp3) is 0.429. The smallest absolute Gasteiger partial charge is 0.253 e. The number of amidine groups is 1. The van der Waals surface area contributed by atoms with Gasteiger partial charge >= 0.3 is 0 Å².